The molecule has 0 saturated carbocycles. The van der Waals surface area contributed by atoms with Crippen LogP contribution in [0.3, 0.4) is 0 Å². The van der Waals surface area contributed by atoms with Crippen LogP contribution in [0.5, 0.6) is 0 Å². The molecular weight excluding hydrogens is 170 g/mol. The van der Waals surface area contributed by atoms with Gasteiger partial charge in [-0.3, -0.25) is 14.5 Å². The van der Waals surface area contributed by atoms with E-state index in [-0.39, 0.29) is 23.7 Å². The van der Waals surface area contributed by atoms with Crippen molar-refractivity contribution >= 4 is 11.8 Å². The van der Waals surface area contributed by atoms with Crippen molar-refractivity contribution in [3.05, 3.63) is 0 Å². The Labute approximate surface area is 76.8 Å². The summed E-state index contributed by atoms with van der Waals surface area (Å²) < 4.78 is 4.69. The van der Waals surface area contributed by atoms with E-state index in [0.29, 0.717) is 13.0 Å². The van der Waals surface area contributed by atoms with Gasteiger partial charge in [0.15, 0.2) is 0 Å². The van der Waals surface area contributed by atoms with Crippen molar-refractivity contribution in [1.82, 2.24) is 4.90 Å². The van der Waals surface area contributed by atoms with Crippen molar-refractivity contribution < 1.29 is 14.3 Å². The third-order valence-corrected chi connectivity index (χ3v) is 3.00. The number of Topliss-reactive ketones (excluding diaryl/α,β-unsaturated/α-hetero) is 1. The van der Waals surface area contributed by atoms with Gasteiger partial charge in [-0.05, 0) is 12.8 Å². The monoisotopic (exact) mass is 183 g/mol. The number of piperidine rings is 3. The first-order valence-electron chi connectivity index (χ1n) is 4.57. The topological polar surface area (TPSA) is 46.6 Å². The zero-order chi connectivity index (χ0) is 9.42. The average Bonchev–Trinajstić information content (AvgIpc) is 2.17. The van der Waals surface area contributed by atoms with Gasteiger partial charge in [-0.1, -0.05) is 0 Å². The smallest absolute Gasteiger partial charge is 0.323 e. The first-order chi connectivity index (χ1) is 6.22. The van der Waals surface area contributed by atoms with Gasteiger partial charge in [0.1, 0.15) is 11.8 Å². The Morgan fingerprint density at radius 3 is 2.85 bits per heavy atom. The second-order valence-electron chi connectivity index (χ2n) is 3.70. The van der Waals surface area contributed by atoms with Crippen LogP contribution >= 0.6 is 0 Å². The molecule has 1 unspecified atom stereocenters. The average molecular weight is 183 g/mol. The molecule has 0 aromatic carbocycles. The number of fused-ring (bicyclic) bond motifs is 3. The second kappa shape index (κ2) is 3.10. The largest absolute Gasteiger partial charge is 0.468 e. The standard InChI is InChI=1S/C9H13NO3/c1-13-9(12)7-4-6-2-3-10(7)5-8(6)11/h6-7H,2-5H2,1H3/t6-,7+/m1/s1. The maximum Gasteiger partial charge on any atom is 0.323 e. The SMILES string of the molecule is COC(=O)[C@@H]1C[C@H]2CCN1CC2=O. The summed E-state index contributed by atoms with van der Waals surface area (Å²) in [4.78, 5) is 24.5. The maximum absolute atomic E-state index is 11.3. The predicted octanol–water partition coefficient (Wildman–Crippen LogP) is -0.177. The molecule has 3 aliphatic heterocycles. The van der Waals surface area contributed by atoms with Gasteiger partial charge in [0.2, 0.25) is 0 Å². The van der Waals surface area contributed by atoms with Gasteiger partial charge in [-0.2, -0.15) is 0 Å². The normalized spacial score (nSPS) is 37.6. The van der Waals surface area contributed by atoms with Crippen molar-refractivity contribution in [2.45, 2.75) is 18.9 Å². The summed E-state index contributed by atoms with van der Waals surface area (Å²) in [6.07, 6.45) is 1.57. The molecule has 2 bridgehead atoms. The van der Waals surface area contributed by atoms with Crippen molar-refractivity contribution in [2.75, 3.05) is 20.2 Å². The highest BCUT2D eigenvalue weighted by atomic mass is 16.5. The molecule has 0 N–H and O–H groups in total. The Morgan fingerprint density at radius 2 is 2.38 bits per heavy atom. The van der Waals surface area contributed by atoms with Gasteiger partial charge >= 0.3 is 5.97 Å². The Morgan fingerprint density at radius 1 is 1.62 bits per heavy atom. The number of ether oxygens (including phenoxy) is 1. The highest BCUT2D eigenvalue weighted by Crippen LogP contribution is 2.29. The van der Waals surface area contributed by atoms with Crippen LogP contribution in [0, 0.1) is 5.92 Å². The van der Waals surface area contributed by atoms with Crippen LogP contribution in [-0.4, -0.2) is 42.9 Å². The van der Waals surface area contributed by atoms with Crippen LogP contribution in [-0.2, 0) is 14.3 Å². The lowest BCUT2D eigenvalue weighted by atomic mass is 9.82. The number of ketones is 1. The Hall–Kier alpha value is -0.900. The summed E-state index contributed by atoms with van der Waals surface area (Å²) in [5.41, 5.74) is 0. The van der Waals surface area contributed by atoms with E-state index in [1.54, 1.807) is 0 Å². The molecule has 3 saturated heterocycles. The Bertz CT molecular complexity index is 251. The highest BCUT2D eigenvalue weighted by Gasteiger charge is 2.42. The summed E-state index contributed by atoms with van der Waals surface area (Å²) in [5.74, 6) is 0.192. The molecule has 0 amide bonds. The van der Waals surface area contributed by atoms with E-state index in [1.807, 2.05) is 4.90 Å². The van der Waals surface area contributed by atoms with Gasteiger partial charge < -0.3 is 4.74 Å². The summed E-state index contributed by atoms with van der Waals surface area (Å²) >= 11 is 0. The lowest BCUT2D eigenvalue weighted by Crippen LogP contribution is -2.56. The first-order valence-corrected chi connectivity index (χ1v) is 4.57. The fourth-order valence-corrected chi connectivity index (χ4v) is 2.21. The van der Waals surface area contributed by atoms with Crippen molar-refractivity contribution in [3.63, 3.8) is 0 Å². The lowest BCUT2D eigenvalue weighted by molar-refractivity contribution is -0.154. The van der Waals surface area contributed by atoms with Gasteiger partial charge in [0, 0.05) is 12.5 Å². The summed E-state index contributed by atoms with van der Waals surface area (Å²) in [6.45, 7) is 1.29. The number of esters is 1. The van der Waals surface area contributed by atoms with Crippen molar-refractivity contribution in [3.8, 4) is 0 Å². The fourth-order valence-electron chi connectivity index (χ4n) is 2.21. The van der Waals surface area contributed by atoms with Crippen LogP contribution in [0.15, 0.2) is 0 Å². The molecule has 0 spiro atoms. The number of carbonyl (C=O) groups excluding carboxylic acids is 2. The molecule has 3 aliphatic rings. The van der Waals surface area contributed by atoms with E-state index in [0.717, 1.165) is 13.0 Å². The number of nitrogens with zero attached hydrogens (tertiary/aromatic N) is 1. The van der Waals surface area contributed by atoms with Gasteiger partial charge in [0.25, 0.3) is 0 Å². The van der Waals surface area contributed by atoms with Crippen LogP contribution in [0.1, 0.15) is 12.8 Å². The van der Waals surface area contributed by atoms with Crippen molar-refractivity contribution in [2.24, 2.45) is 5.92 Å². The number of hydrogen-bond acceptors (Lipinski definition) is 4. The molecule has 4 nitrogen and oxygen atoms in total. The van der Waals surface area contributed by atoms with Crippen LogP contribution < -0.4 is 0 Å². The van der Waals surface area contributed by atoms with E-state index in [4.69, 9.17) is 0 Å². The summed E-state index contributed by atoms with van der Waals surface area (Å²) in [5, 5.41) is 0. The van der Waals surface area contributed by atoms with Crippen molar-refractivity contribution in [1.29, 1.82) is 0 Å². The third kappa shape index (κ3) is 1.35. The molecule has 4 heteroatoms. The molecule has 0 aromatic heterocycles. The summed E-state index contributed by atoms with van der Waals surface area (Å²) in [7, 11) is 1.40. The lowest BCUT2D eigenvalue weighted by Gasteiger charge is -2.42. The molecule has 13 heavy (non-hydrogen) atoms. The molecule has 3 atom stereocenters. The molecule has 0 aliphatic carbocycles. The Balaban J connectivity index is 2.10. The predicted molar refractivity (Wildman–Crippen MR) is 45.1 cm³/mol. The molecule has 0 aromatic rings. The van der Waals surface area contributed by atoms with E-state index < -0.39 is 0 Å². The van der Waals surface area contributed by atoms with E-state index in [1.165, 1.54) is 7.11 Å². The number of methoxy groups -OCH3 is 1. The minimum absolute atomic E-state index is 0.106. The summed E-state index contributed by atoms with van der Waals surface area (Å²) in [6, 6.07) is -0.165. The van der Waals surface area contributed by atoms with E-state index in [9.17, 15) is 9.59 Å². The Kier molecular flexibility index (Phi) is 2.07. The number of hydrogen-bond donors (Lipinski definition) is 0. The van der Waals surface area contributed by atoms with Gasteiger partial charge in [0.05, 0.1) is 13.7 Å². The number of carbonyl (C=O) groups is 2. The fraction of sp³-hybridized carbons (Fsp3) is 0.778. The maximum atomic E-state index is 11.3. The van der Waals surface area contributed by atoms with Crippen LogP contribution in [0.2, 0.25) is 0 Å². The van der Waals surface area contributed by atoms with E-state index >= 15 is 0 Å². The molecule has 3 heterocycles. The molecule has 72 valence electrons. The number of rotatable bonds is 1. The molecule has 3 fully saturated rings. The second-order valence-corrected chi connectivity index (χ2v) is 3.70. The molecule has 0 radical (unpaired) electrons. The first kappa shape index (κ1) is 8.69. The minimum atomic E-state index is -0.197. The van der Waals surface area contributed by atoms with Gasteiger partial charge in [-0.25, -0.2) is 0 Å². The quantitative estimate of drug-likeness (QED) is 0.529. The zero-order valence-electron chi connectivity index (χ0n) is 7.66. The van der Waals surface area contributed by atoms with Gasteiger partial charge in [-0.15, -0.1) is 0 Å². The molecule has 3 rings (SSSR count). The van der Waals surface area contributed by atoms with Crippen LogP contribution in [0.25, 0.3) is 0 Å². The van der Waals surface area contributed by atoms with Crippen LogP contribution in [0.4, 0.5) is 0 Å². The highest BCUT2D eigenvalue weighted by molar-refractivity contribution is 5.88. The minimum Gasteiger partial charge on any atom is -0.468 e. The zero-order valence-corrected chi connectivity index (χ0v) is 7.66. The third-order valence-electron chi connectivity index (χ3n) is 3.00. The molecular formula is C9H13NO3. The van der Waals surface area contributed by atoms with E-state index in [2.05, 4.69) is 4.74 Å².